The lowest BCUT2D eigenvalue weighted by atomic mass is 10.1. The lowest BCUT2D eigenvalue weighted by Crippen LogP contribution is -2.28. The molecule has 2 aromatic rings. The average Bonchev–Trinajstić information content (AvgIpc) is 3.19. The summed E-state index contributed by atoms with van der Waals surface area (Å²) in [5.74, 6) is -1.81. The standard InChI is InChI=1S/C23H23ClN2O7/c1-13(27)15-6-4-5-7-17(15)25-21(28)12-33-23(30)14-8-22(29)26(11-14)18-9-16(24)19(31-2)10-20(18)32-3/h4-7,9-10,14H,8,11-12H2,1-3H3,(H,25,28). The number of esters is 1. The molecule has 1 heterocycles. The number of para-hydroxylation sites is 1. The summed E-state index contributed by atoms with van der Waals surface area (Å²) in [5.41, 5.74) is 1.08. The molecular formula is C23H23ClN2O7. The molecule has 1 N–H and O–H groups in total. The van der Waals surface area contributed by atoms with Crippen molar-refractivity contribution < 1.29 is 33.4 Å². The van der Waals surface area contributed by atoms with E-state index < -0.39 is 24.4 Å². The molecule has 2 aromatic carbocycles. The van der Waals surface area contributed by atoms with Crippen molar-refractivity contribution in [2.75, 3.05) is 37.6 Å². The van der Waals surface area contributed by atoms with Gasteiger partial charge in [-0.1, -0.05) is 23.7 Å². The molecule has 33 heavy (non-hydrogen) atoms. The van der Waals surface area contributed by atoms with Gasteiger partial charge in [-0.3, -0.25) is 19.2 Å². The van der Waals surface area contributed by atoms with Crippen LogP contribution < -0.4 is 19.7 Å². The van der Waals surface area contributed by atoms with Crippen LogP contribution >= 0.6 is 11.6 Å². The van der Waals surface area contributed by atoms with Crippen LogP contribution in [0, 0.1) is 5.92 Å². The van der Waals surface area contributed by atoms with Crippen LogP contribution in [-0.4, -0.2) is 50.9 Å². The zero-order chi connectivity index (χ0) is 24.1. The summed E-state index contributed by atoms with van der Waals surface area (Å²) in [5, 5.41) is 2.84. The van der Waals surface area contributed by atoms with Crippen LogP contribution in [0.25, 0.3) is 0 Å². The van der Waals surface area contributed by atoms with Crippen LogP contribution in [0.3, 0.4) is 0 Å². The molecule has 0 bridgehead atoms. The lowest BCUT2D eigenvalue weighted by molar-refractivity contribution is -0.151. The fraction of sp³-hybridized carbons (Fsp3) is 0.304. The monoisotopic (exact) mass is 474 g/mol. The minimum Gasteiger partial charge on any atom is -0.495 e. The molecule has 1 unspecified atom stereocenters. The number of hydrogen-bond donors (Lipinski definition) is 1. The first-order valence-electron chi connectivity index (χ1n) is 10.0. The summed E-state index contributed by atoms with van der Waals surface area (Å²) in [4.78, 5) is 50.4. The van der Waals surface area contributed by atoms with Gasteiger partial charge in [-0.05, 0) is 25.1 Å². The predicted molar refractivity (Wildman–Crippen MR) is 121 cm³/mol. The first-order chi connectivity index (χ1) is 15.7. The second-order valence-corrected chi connectivity index (χ2v) is 7.73. The van der Waals surface area contributed by atoms with E-state index in [2.05, 4.69) is 5.32 Å². The first-order valence-corrected chi connectivity index (χ1v) is 10.4. The topological polar surface area (TPSA) is 111 Å². The Morgan fingerprint density at radius 1 is 1.12 bits per heavy atom. The summed E-state index contributed by atoms with van der Waals surface area (Å²) in [7, 11) is 2.91. The summed E-state index contributed by atoms with van der Waals surface area (Å²) >= 11 is 6.19. The van der Waals surface area contributed by atoms with Gasteiger partial charge in [-0.25, -0.2) is 0 Å². The third-order valence-electron chi connectivity index (χ3n) is 5.13. The quantitative estimate of drug-likeness (QED) is 0.462. The number of nitrogens with zero attached hydrogens (tertiary/aromatic N) is 1. The van der Waals surface area contributed by atoms with Crippen molar-refractivity contribution >= 4 is 46.5 Å². The van der Waals surface area contributed by atoms with Gasteiger partial charge < -0.3 is 24.4 Å². The number of hydrogen-bond acceptors (Lipinski definition) is 7. The zero-order valence-corrected chi connectivity index (χ0v) is 19.1. The van der Waals surface area contributed by atoms with Gasteiger partial charge in [0.2, 0.25) is 5.91 Å². The molecule has 9 nitrogen and oxygen atoms in total. The third-order valence-corrected chi connectivity index (χ3v) is 5.42. The smallest absolute Gasteiger partial charge is 0.311 e. The van der Waals surface area contributed by atoms with Gasteiger partial charge in [0.25, 0.3) is 5.91 Å². The molecule has 0 aliphatic carbocycles. The highest BCUT2D eigenvalue weighted by Gasteiger charge is 2.38. The van der Waals surface area contributed by atoms with E-state index in [1.165, 1.54) is 32.1 Å². The molecule has 1 saturated heterocycles. The average molecular weight is 475 g/mol. The van der Waals surface area contributed by atoms with Crippen LogP contribution in [0.1, 0.15) is 23.7 Å². The Balaban J connectivity index is 1.63. The fourth-order valence-corrected chi connectivity index (χ4v) is 3.73. The second kappa shape index (κ2) is 10.4. The highest BCUT2D eigenvalue weighted by atomic mass is 35.5. The number of Topliss-reactive ketones (excluding diaryl/α,β-unsaturated/α-hetero) is 1. The number of anilines is 2. The SMILES string of the molecule is COc1cc(OC)c(N2CC(C(=O)OCC(=O)Nc3ccccc3C(C)=O)CC2=O)cc1Cl. The van der Waals surface area contributed by atoms with Crippen molar-refractivity contribution in [2.24, 2.45) is 5.92 Å². The Kier molecular flexibility index (Phi) is 7.55. The maximum Gasteiger partial charge on any atom is 0.311 e. The highest BCUT2D eigenvalue weighted by molar-refractivity contribution is 6.32. The van der Waals surface area contributed by atoms with E-state index in [9.17, 15) is 19.2 Å². The molecule has 0 aromatic heterocycles. The van der Waals surface area contributed by atoms with Gasteiger partial charge in [0.15, 0.2) is 12.4 Å². The molecular weight excluding hydrogens is 452 g/mol. The Hall–Kier alpha value is -3.59. The molecule has 1 aliphatic rings. The maximum atomic E-state index is 12.6. The summed E-state index contributed by atoms with van der Waals surface area (Å²) in [6.45, 7) is 0.887. The lowest BCUT2D eigenvalue weighted by Gasteiger charge is -2.20. The van der Waals surface area contributed by atoms with E-state index >= 15 is 0 Å². The van der Waals surface area contributed by atoms with Crippen LogP contribution in [0.5, 0.6) is 11.5 Å². The summed E-state index contributed by atoms with van der Waals surface area (Å²) in [6, 6.07) is 9.61. The van der Waals surface area contributed by atoms with Crippen molar-refractivity contribution in [2.45, 2.75) is 13.3 Å². The summed E-state index contributed by atoms with van der Waals surface area (Å²) < 4.78 is 15.6. The molecule has 10 heteroatoms. The first kappa shape index (κ1) is 24.1. The van der Waals surface area contributed by atoms with Crippen LogP contribution in [0.15, 0.2) is 36.4 Å². The van der Waals surface area contributed by atoms with E-state index in [4.69, 9.17) is 25.8 Å². The highest BCUT2D eigenvalue weighted by Crippen LogP contribution is 2.40. The van der Waals surface area contributed by atoms with Crippen LogP contribution in [0.4, 0.5) is 11.4 Å². The third kappa shape index (κ3) is 5.43. The molecule has 0 spiro atoms. The Morgan fingerprint density at radius 2 is 1.82 bits per heavy atom. The molecule has 0 saturated carbocycles. The molecule has 1 fully saturated rings. The summed E-state index contributed by atoms with van der Waals surface area (Å²) in [6.07, 6.45) is -0.0829. The number of nitrogens with one attached hydrogen (secondary N) is 1. The van der Waals surface area contributed by atoms with Crippen molar-refractivity contribution in [3.8, 4) is 11.5 Å². The van der Waals surface area contributed by atoms with E-state index in [-0.39, 0.29) is 29.7 Å². The van der Waals surface area contributed by atoms with E-state index in [0.29, 0.717) is 28.4 Å². The molecule has 1 aliphatic heterocycles. The van der Waals surface area contributed by atoms with Gasteiger partial charge in [0.05, 0.1) is 36.5 Å². The number of amides is 2. The fourth-order valence-electron chi connectivity index (χ4n) is 3.49. The molecule has 0 radical (unpaired) electrons. The minimum atomic E-state index is -0.764. The van der Waals surface area contributed by atoms with Crippen molar-refractivity contribution in [1.29, 1.82) is 0 Å². The number of carbonyl (C=O) groups is 4. The number of carbonyl (C=O) groups excluding carboxylic acids is 4. The van der Waals surface area contributed by atoms with Crippen molar-refractivity contribution in [1.82, 2.24) is 0 Å². The number of benzene rings is 2. The number of ketones is 1. The normalized spacial score (nSPS) is 15.2. The van der Waals surface area contributed by atoms with Crippen LogP contribution in [0.2, 0.25) is 5.02 Å². The Labute approximate surface area is 195 Å². The molecule has 1 atom stereocenters. The van der Waals surface area contributed by atoms with Gasteiger partial charge in [0, 0.05) is 24.6 Å². The number of rotatable bonds is 8. The number of ether oxygens (including phenoxy) is 3. The molecule has 174 valence electrons. The Bertz CT molecular complexity index is 1100. The van der Waals surface area contributed by atoms with Crippen LogP contribution in [-0.2, 0) is 19.1 Å². The van der Waals surface area contributed by atoms with Crippen molar-refractivity contribution in [3.05, 3.63) is 47.0 Å². The van der Waals surface area contributed by atoms with Gasteiger partial charge >= 0.3 is 5.97 Å². The molecule has 2 amide bonds. The predicted octanol–water partition coefficient (Wildman–Crippen LogP) is 3.09. The minimum absolute atomic E-state index is 0.0471. The van der Waals surface area contributed by atoms with Gasteiger partial charge in [-0.2, -0.15) is 0 Å². The second-order valence-electron chi connectivity index (χ2n) is 7.32. The van der Waals surface area contributed by atoms with Gasteiger partial charge in [-0.15, -0.1) is 0 Å². The molecule has 3 rings (SSSR count). The van der Waals surface area contributed by atoms with E-state index in [1.807, 2.05) is 0 Å². The Morgan fingerprint density at radius 3 is 2.48 bits per heavy atom. The largest absolute Gasteiger partial charge is 0.495 e. The van der Waals surface area contributed by atoms with Gasteiger partial charge in [0.1, 0.15) is 11.5 Å². The van der Waals surface area contributed by atoms with Crippen molar-refractivity contribution in [3.63, 3.8) is 0 Å². The maximum absolute atomic E-state index is 12.6. The number of methoxy groups -OCH3 is 2. The van der Waals surface area contributed by atoms with E-state index in [0.717, 1.165) is 0 Å². The number of halogens is 1. The van der Waals surface area contributed by atoms with E-state index in [1.54, 1.807) is 30.3 Å². The zero-order valence-electron chi connectivity index (χ0n) is 18.3.